The van der Waals surface area contributed by atoms with E-state index in [9.17, 15) is 14.0 Å². The largest absolute Gasteiger partial charge is 0.325 e. The van der Waals surface area contributed by atoms with Crippen molar-refractivity contribution < 1.29 is 9.18 Å². The molecule has 88 valence electrons. The van der Waals surface area contributed by atoms with Gasteiger partial charge in [0.05, 0.1) is 11.3 Å². The number of nitrogens with one attached hydrogen (secondary N) is 1. The number of carbonyl (C=O) groups is 1. The third-order valence-corrected chi connectivity index (χ3v) is 2.30. The standard InChI is InChI=1S/C11H10FN3O2/c12-9-4-2-1-3-8(9)11(17)15-10(16)5-7(6-13)14-15/h1-5,14H,6,13H2. The molecule has 0 bridgehead atoms. The Morgan fingerprint density at radius 1 is 1.41 bits per heavy atom. The lowest BCUT2D eigenvalue weighted by Gasteiger charge is -2.02. The summed E-state index contributed by atoms with van der Waals surface area (Å²) in [5, 5.41) is 2.52. The second-order valence-electron chi connectivity index (χ2n) is 3.44. The van der Waals surface area contributed by atoms with Gasteiger partial charge in [-0.05, 0) is 12.1 Å². The van der Waals surface area contributed by atoms with E-state index in [4.69, 9.17) is 5.73 Å². The van der Waals surface area contributed by atoms with E-state index < -0.39 is 17.3 Å². The summed E-state index contributed by atoms with van der Waals surface area (Å²) >= 11 is 0. The van der Waals surface area contributed by atoms with Crippen LogP contribution in [0.25, 0.3) is 0 Å². The van der Waals surface area contributed by atoms with Gasteiger partial charge in [0.1, 0.15) is 5.82 Å². The maximum atomic E-state index is 13.4. The zero-order chi connectivity index (χ0) is 12.4. The van der Waals surface area contributed by atoms with E-state index >= 15 is 0 Å². The lowest BCUT2D eigenvalue weighted by atomic mass is 10.2. The van der Waals surface area contributed by atoms with Crippen molar-refractivity contribution in [3.05, 3.63) is 57.8 Å². The number of aromatic nitrogens is 2. The molecule has 1 aromatic heterocycles. The number of benzene rings is 1. The van der Waals surface area contributed by atoms with Crippen LogP contribution in [0.5, 0.6) is 0 Å². The SMILES string of the molecule is NCc1cc(=O)n(C(=O)c2ccccc2F)[nH]1. The molecule has 6 heteroatoms. The first-order valence-corrected chi connectivity index (χ1v) is 4.93. The second-order valence-corrected chi connectivity index (χ2v) is 3.44. The number of H-pyrrole nitrogens is 1. The fourth-order valence-electron chi connectivity index (χ4n) is 1.46. The molecule has 3 N–H and O–H groups in total. The molecule has 0 unspecified atom stereocenters. The third kappa shape index (κ3) is 2.02. The van der Waals surface area contributed by atoms with E-state index in [0.717, 1.165) is 10.7 Å². The van der Waals surface area contributed by atoms with E-state index in [2.05, 4.69) is 5.10 Å². The van der Waals surface area contributed by atoms with Crippen LogP contribution in [0.1, 0.15) is 16.1 Å². The predicted octanol–water partition coefficient (Wildman–Crippen LogP) is 0.463. The molecule has 17 heavy (non-hydrogen) atoms. The Morgan fingerprint density at radius 2 is 2.12 bits per heavy atom. The van der Waals surface area contributed by atoms with E-state index in [1.165, 1.54) is 24.3 Å². The maximum Gasteiger partial charge on any atom is 0.282 e. The Morgan fingerprint density at radius 3 is 2.71 bits per heavy atom. The molecular formula is C11H10FN3O2. The average Bonchev–Trinajstić information content (AvgIpc) is 2.70. The van der Waals surface area contributed by atoms with E-state index in [1.807, 2.05) is 0 Å². The Hall–Kier alpha value is -2.21. The molecule has 1 aromatic carbocycles. The van der Waals surface area contributed by atoms with Gasteiger partial charge in [-0.25, -0.2) is 4.39 Å². The van der Waals surface area contributed by atoms with E-state index in [1.54, 1.807) is 0 Å². The second kappa shape index (κ2) is 4.34. The van der Waals surface area contributed by atoms with Gasteiger partial charge in [0.15, 0.2) is 0 Å². The quantitative estimate of drug-likeness (QED) is 0.793. The molecule has 5 nitrogen and oxygen atoms in total. The van der Waals surface area contributed by atoms with Crippen molar-refractivity contribution >= 4 is 5.91 Å². The van der Waals surface area contributed by atoms with Crippen LogP contribution in [0, 0.1) is 5.82 Å². The summed E-state index contributed by atoms with van der Waals surface area (Å²) < 4.78 is 14.1. The van der Waals surface area contributed by atoms with Crippen molar-refractivity contribution in [3.8, 4) is 0 Å². The minimum atomic E-state index is -0.743. The molecule has 2 aromatic rings. The van der Waals surface area contributed by atoms with Gasteiger partial charge < -0.3 is 5.73 Å². The first-order valence-electron chi connectivity index (χ1n) is 4.93. The van der Waals surface area contributed by atoms with Gasteiger partial charge in [0, 0.05) is 12.6 Å². The summed E-state index contributed by atoms with van der Waals surface area (Å²) in [5.74, 6) is -1.42. The molecule has 1 heterocycles. The van der Waals surface area contributed by atoms with Crippen LogP contribution in [-0.2, 0) is 6.54 Å². The lowest BCUT2D eigenvalue weighted by molar-refractivity contribution is 0.0937. The highest BCUT2D eigenvalue weighted by Gasteiger charge is 2.16. The highest BCUT2D eigenvalue weighted by Crippen LogP contribution is 2.07. The fraction of sp³-hybridized carbons (Fsp3) is 0.0909. The molecule has 0 aliphatic carbocycles. The Kier molecular flexibility index (Phi) is 2.88. The number of rotatable bonds is 2. The summed E-state index contributed by atoms with van der Waals surface area (Å²) in [7, 11) is 0. The molecule has 0 radical (unpaired) electrons. The van der Waals surface area contributed by atoms with Crippen molar-refractivity contribution in [1.82, 2.24) is 9.78 Å². The average molecular weight is 235 g/mol. The van der Waals surface area contributed by atoms with Crippen molar-refractivity contribution in [2.45, 2.75) is 6.54 Å². The number of aromatic amines is 1. The number of nitrogens with zero attached hydrogens (tertiary/aromatic N) is 1. The van der Waals surface area contributed by atoms with Crippen LogP contribution in [0.2, 0.25) is 0 Å². The maximum absolute atomic E-state index is 13.4. The van der Waals surface area contributed by atoms with Gasteiger partial charge in [-0.15, -0.1) is 0 Å². The van der Waals surface area contributed by atoms with Crippen molar-refractivity contribution in [2.24, 2.45) is 5.73 Å². The molecule has 0 fully saturated rings. The fourth-order valence-corrected chi connectivity index (χ4v) is 1.46. The molecule has 0 amide bonds. The summed E-state index contributed by atoms with van der Waals surface area (Å²) in [6.45, 7) is 0.104. The van der Waals surface area contributed by atoms with E-state index in [-0.39, 0.29) is 12.1 Å². The van der Waals surface area contributed by atoms with Crippen LogP contribution in [0.4, 0.5) is 4.39 Å². The predicted molar refractivity (Wildman–Crippen MR) is 59.1 cm³/mol. The van der Waals surface area contributed by atoms with Gasteiger partial charge in [-0.2, -0.15) is 4.68 Å². The smallest absolute Gasteiger partial charge is 0.282 e. The molecule has 0 aliphatic heterocycles. The van der Waals surface area contributed by atoms with Gasteiger partial charge in [0.25, 0.3) is 11.5 Å². The number of hydrogen-bond acceptors (Lipinski definition) is 3. The zero-order valence-electron chi connectivity index (χ0n) is 8.81. The first kappa shape index (κ1) is 11.3. The van der Waals surface area contributed by atoms with Gasteiger partial charge in [-0.3, -0.25) is 14.7 Å². The monoisotopic (exact) mass is 235 g/mol. The number of nitrogens with two attached hydrogens (primary N) is 1. The highest BCUT2D eigenvalue weighted by atomic mass is 19.1. The van der Waals surface area contributed by atoms with Gasteiger partial charge >= 0.3 is 0 Å². The van der Waals surface area contributed by atoms with Crippen LogP contribution in [0.15, 0.2) is 35.1 Å². The van der Waals surface area contributed by atoms with Crippen molar-refractivity contribution in [3.63, 3.8) is 0 Å². The van der Waals surface area contributed by atoms with Crippen LogP contribution < -0.4 is 11.3 Å². The van der Waals surface area contributed by atoms with Crippen LogP contribution in [-0.4, -0.2) is 15.7 Å². The van der Waals surface area contributed by atoms with Gasteiger partial charge in [-0.1, -0.05) is 12.1 Å². The topological polar surface area (TPSA) is 80.9 Å². The first-order chi connectivity index (χ1) is 8.13. The molecule has 0 spiro atoms. The summed E-state index contributed by atoms with van der Waals surface area (Å²) in [6, 6.07) is 6.67. The summed E-state index contributed by atoms with van der Waals surface area (Å²) in [4.78, 5) is 23.3. The molecule has 2 rings (SSSR count). The highest BCUT2D eigenvalue weighted by molar-refractivity contribution is 5.95. The van der Waals surface area contributed by atoms with Crippen molar-refractivity contribution in [2.75, 3.05) is 0 Å². The van der Waals surface area contributed by atoms with Crippen LogP contribution in [0.3, 0.4) is 0 Å². The third-order valence-electron chi connectivity index (χ3n) is 2.30. The van der Waals surface area contributed by atoms with Crippen LogP contribution >= 0.6 is 0 Å². The minimum Gasteiger partial charge on any atom is -0.325 e. The molecule has 0 aliphatic rings. The van der Waals surface area contributed by atoms with Crippen molar-refractivity contribution in [1.29, 1.82) is 0 Å². The number of hydrogen-bond donors (Lipinski definition) is 2. The lowest BCUT2D eigenvalue weighted by Crippen LogP contribution is -2.25. The molecule has 0 atom stereocenters. The molecule has 0 saturated carbocycles. The molecule has 0 saturated heterocycles. The van der Waals surface area contributed by atoms with E-state index in [0.29, 0.717) is 5.69 Å². The minimum absolute atomic E-state index is 0.104. The van der Waals surface area contributed by atoms with Gasteiger partial charge in [0.2, 0.25) is 0 Å². The Bertz CT molecular complexity index is 615. The Labute approximate surface area is 95.7 Å². The molecular weight excluding hydrogens is 225 g/mol. The zero-order valence-corrected chi connectivity index (χ0v) is 8.81. The normalized spacial score (nSPS) is 10.5. The number of halogens is 1. The summed E-state index contributed by atoms with van der Waals surface area (Å²) in [5.41, 5.74) is 5.02. The number of carbonyl (C=O) groups excluding carboxylic acids is 1. The summed E-state index contributed by atoms with van der Waals surface area (Å²) in [6.07, 6.45) is 0. The Balaban J connectivity index is 2.48.